The molecule has 1 aromatic carbocycles. The van der Waals surface area contributed by atoms with E-state index in [9.17, 15) is 9.59 Å². The number of amides is 2. The largest absolute Gasteiger partial charge is 0.467 e. The van der Waals surface area contributed by atoms with Crippen molar-refractivity contribution >= 4 is 29.0 Å². The number of aromatic nitrogens is 2. The number of thiophene rings is 1. The molecule has 0 saturated carbocycles. The molecule has 0 aliphatic rings. The fourth-order valence-corrected chi connectivity index (χ4v) is 4.37. The summed E-state index contributed by atoms with van der Waals surface area (Å²) >= 11 is 1.52. The van der Waals surface area contributed by atoms with Crippen LogP contribution in [0.2, 0.25) is 0 Å². The smallest absolute Gasteiger partial charge is 0.245 e. The Morgan fingerprint density at radius 3 is 2.57 bits per heavy atom. The molecule has 8 heteroatoms. The van der Waals surface area contributed by atoms with Gasteiger partial charge in [0, 0.05) is 16.4 Å². The first-order chi connectivity index (χ1) is 16.7. The highest BCUT2D eigenvalue weighted by molar-refractivity contribution is 7.10. The van der Waals surface area contributed by atoms with Gasteiger partial charge >= 0.3 is 0 Å². The quantitative estimate of drug-likeness (QED) is 0.361. The van der Waals surface area contributed by atoms with Crippen molar-refractivity contribution in [3.8, 4) is 5.69 Å². The van der Waals surface area contributed by atoms with Crippen LogP contribution in [0.5, 0.6) is 0 Å². The normalized spacial score (nSPS) is 11.4. The first kappa shape index (κ1) is 24.5. The van der Waals surface area contributed by atoms with E-state index < -0.39 is 0 Å². The van der Waals surface area contributed by atoms with E-state index in [2.05, 4.69) is 26.1 Å². The number of benzene rings is 1. The summed E-state index contributed by atoms with van der Waals surface area (Å²) in [4.78, 5) is 28.8. The molecule has 0 atom stereocenters. The van der Waals surface area contributed by atoms with Crippen LogP contribution in [0.3, 0.4) is 0 Å². The van der Waals surface area contributed by atoms with E-state index in [4.69, 9.17) is 9.52 Å². The lowest BCUT2D eigenvalue weighted by Gasteiger charge is -2.21. The van der Waals surface area contributed by atoms with E-state index in [1.165, 1.54) is 16.2 Å². The molecule has 0 aliphatic carbocycles. The minimum absolute atomic E-state index is 0.102. The summed E-state index contributed by atoms with van der Waals surface area (Å²) in [7, 11) is 0. The van der Waals surface area contributed by atoms with Crippen molar-refractivity contribution in [1.29, 1.82) is 0 Å². The second-order valence-corrected chi connectivity index (χ2v) is 10.5. The molecule has 1 N–H and O–H groups in total. The standard InChI is InChI=1S/C27H30N4O3S/c1-19-9-5-6-12-22(19)31-24(16-23(29-31)27(2,3)4)28-25(32)18-30(17-20-10-7-13-34-20)26(33)15-21-11-8-14-35-21/h5-14,16H,15,17-18H2,1-4H3,(H,28,32). The number of hydrogen-bond acceptors (Lipinski definition) is 5. The third-order valence-corrected chi connectivity index (χ3v) is 6.48. The Morgan fingerprint density at radius 2 is 1.91 bits per heavy atom. The number of nitrogens with zero attached hydrogens (tertiary/aromatic N) is 3. The van der Waals surface area contributed by atoms with E-state index in [0.29, 0.717) is 11.6 Å². The number of hydrogen-bond donors (Lipinski definition) is 1. The lowest BCUT2D eigenvalue weighted by Crippen LogP contribution is -2.38. The average Bonchev–Trinajstić information content (AvgIpc) is 3.56. The molecule has 2 amide bonds. The first-order valence-electron chi connectivity index (χ1n) is 11.5. The summed E-state index contributed by atoms with van der Waals surface area (Å²) in [5.74, 6) is 0.753. The molecule has 0 bridgehead atoms. The minimum atomic E-state index is -0.300. The highest BCUT2D eigenvalue weighted by atomic mass is 32.1. The number of carbonyl (C=O) groups excluding carboxylic acids is 2. The Labute approximate surface area is 209 Å². The van der Waals surface area contributed by atoms with Crippen LogP contribution in [0.1, 0.15) is 42.7 Å². The Kier molecular flexibility index (Phi) is 7.21. The molecule has 7 nitrogen and oxygen atoms in total. The van der Waals surface area contributed by atoms with E-state index >= 15 is 0 Å². The summed E-state index contributed by atoms with van der Waals surface area (Å²) in [6, 6.07) is 17.2. The summed E-state index contributed by atoms with van der Waals surface area (Å²) in [6.07, 6.45) is 1.80. The van der Waals surface area contributed by atoms with Crippen LogP contribution in [-0.2, 0) is 28.0 Å². The Morgan fingerprint density at radius 1 is 1.11 bits per heavy atom. The molecular formula is C27H30N4O3S. The van der Waals surface area contributed by atoms with Gasteiger partial charge in [0.15, 0.2) is 0 Å². The summed E-state index contributed by atoms with van der Waals surface area (Å²) < 4.78 is 7.21. The highest BCUT2D eigenvalue weighted by Gasteiger charge is 2.24. The number of aryl methyl sites for hydroxylation is 1. The van der Waals surface area contributed by atoms with Gasteiger partial charge in [0.05, 0.1) is 30.6 Å². The Balaban J connectivity index is 1.57. The minimum Gasteiger partial charge on any atom is -0.467 e. The second kappa shape index (κ2) is 10.3. The fraction of sp³-hybridized carbons (Fsp3) is 0.296. The van der Waals surface area contributed by atoms with Crippen molar-refractivity contribution in [3.05, 3.63) is 88.1 Å². The first-order valence-corrected chi connectivity index (χ1v) is 12.4. The number of rotatable bonds is 8. The van der Waals surface area contributed by atoms with Crippen molar-refractivity contribution in [2.45, 2.75) is 46.1 Å². The SMILES string of the molecule is Cc1ccccc1-n1nc(C(C)(C)C)cc1NC(=O)CN(Cc1ccco1)C(=O)Cc1cccs1. The van der Waals surface area contributed by atoms with Crippen molar-refractivity contribution in [2.75, 3.05) is 11.9 Å². The zero-order valence-corrected chi connectivity index (χ0v) is 21.3. The van der Waals surface area contributed by atoms with E-state index in [1.807, 2.05) is 54.8 Å². The average molecular weight is 491 g/mol. The number of para-hydroxylation sites is 1. The van der Waals surface area contributed by atoms with Gasteiger partial charge in [-0.15, -0.1) is 11.3 Å². The van der Waals surface area contributed by atoms with Gasteiger partial charge in [0.2, 0.25) is 11.8 Å². The van der Waals surface area contributed by atoms with Crippen molar-refractivity contribution < 1.29 is 14.0 Å². The van der Waals surface area contributed by atoms with Crippen LogP contribution >= 0.6 is 11.3 Å². The molecule has 35 heavy (non-hydrogen) atoms. The van der Waals surface area contributed by atoms with Crippen molar-refractivity contribution in [1.82, 2.24) is 14.7 Å². The van der Waals surface area contributed by atoms with Crippen LogP contribution in [-0.4, -0.2) is 33.0 Å². The van der Waals surface area contributed by atoms with Gasteiger partial charge in [0.1, 0.15) is 18.1 Å². The van der Waals surface area contributed by atoms with E-state index in [-0.39, 0.29) is 36.7 Å². The van der Waals surface area contributed by atoms with Gasteiger partial charge < -0.3 is 14.6 Å². The molecule has 0 saturated heterocycles. The van der Waals surface area contributed by atoms with Crippen molar-refractivity contribution in [3.63, 3.8) is 0 Å². The maximum absolute atomic E-state index is 13.2. The van der Waals surface area contributed by atoms with Gasteiger partial charge in [-0.25, -0.2) is 4.68 Å². The molecule has 0 fully saturated rings. The molecule has 0 aliphatic heterocycles. The molecule has 4 rings (SSSR count). The van der Waals surface area contributed by atoms with E-state index in [1.54, 1.807) is 23.1 Å². The molecule has 4 aromatic rings. The van der Waals surface area contributed by atoms with Gasteiger partial charge in [-0.1, -0.05) is 45.0 Å². The van der Waals surface area contributed by atoms with Crippen LogP contribution < -0.4 is 5.32 Å². The Hall–Kier alpha value is -3.65. The Bertz CT molecular complexity index is 1280. The maximum Gasteiger partial charge on any atom is 0.245 e. The number of furan rings is 1. The van der Waals surface area contributed by atoms with Crippen molar-refractivity contribution in [2.24, 2.45) is 0 Å². The van der Waals surface area contributed by atoms with Gasteiger partial charge in [-0.05, 0) is 42.1 Å². The third kappa shape index (κ3) is 6.08. The van der Waals surface area contributed by atoms with Crippen LogP contribution in [0.25, 0.3) is 5.69 Å². The summed E-state index contributed by atoms with van der Waals surface area (Å²) in [6.45, 7) is 8.36. The van der Waals surface area contributed by atoms with Crippen LogP contribution in [0.4, 0.5) is 5.82 Å². The van der Waals surface area contributed by atoms with Gasteiger partial charge in [0.25, 0.3) is 0 Å². The number of nitrogens with one attached hydrogen (secondary N) is 1. The molecule has 0 unspecified atom stereocenters. The lowest BCUT2D eigenvalue weighted by atomic mass is 9.92. The van der Waals surface area contributed by atoms with Crippen LogP contribution in [0, 0.1) is 6.92 Å². The predicted octanol–water partition coefficient (Wildman–Crippen LogP) is 5.34. The highest BCUT2D eigenvalue weighted by Crippen LogP contribution is 2.27. The fourth-order valence-electron chi connectivity index (χ4n) is 3.67. The molecule has 0 spiro atoms. The molecule has 3 aromatic heterocycles. The molecule has 0 radical (unpaired) electrons. The predicted molar refractivity (Wildman–Crippen MR) is 138 cm³/mol. The van der Waals surface area contributed by atoms with E-state index in [0.717, 1.165) is 21.8 Å². The second-order valence-electron chi connectivity index (χ2n) is 9.50. The third-order valence-electron chi connectivity index (χ3n) is 5.61. The number of anilines is 1. The van der Waals surface area contributed by atoms with Crippen LogP contribution in [0.15, 0.2) is 70.7 Å². The summed E-state index contributed by atoms with van der Waals surface area (Å²) in [5.41, 5.74) is 2.59. The zero-order valence-electron chi connectivity index (χ0n) is 20.4. The molecule has 182 valence electrons. The topological polar surface area (TPSA) is 80.4 Å². The monoisotopic (exact) mass is 490 g/mol. The van der Waals surface area contributed by atoms with Gasteiger partial charge in [-0.2, -0.15) is 5.10 Å². The lowest BCUT2D eigenvalue weighted by molar-refractivity contribution is -0.134. The number of carbonyl (C=O) groups is 2. The molecular weight excluding hydrogens is 460 g/mol. The zero-order chi connectivity index (χ0) is 25.0. The molecule has 3 heterocycles. The summed E-state index contributed by atoms with van der Waals surface area (Å²) in [5, 5.41) is 9.73. The maximum atomic E-state index is 13.2. The van der Waals surface area contributed by atoms with Gasteiger partial charge in [-0.3, -0.25) is 9.59 Å².